The van der Waals surface area contributed by atoms with E-state index in [-0.39, 0.29) is 12.2 Å². The minimum atomic E-state index is -1.93. The Morgan fingerprint density at radius 2 is 1.76 bits per heavy atom. The first-order chi connectivity index (χ1) is 15.3. The second-order valence-electron chi connectivity index (χ2n) is 10.2. The van der Waals surface area contributed by atoms with Crippen molar-refractivity contribution < 1.29 is 43.2 Å². The number of hydrogen-bond donors (Lipinski definition) is 1. The molecule has 0 bridgehead atoms. The van der Waals surface area contributed by atoms with Gasteiger partial charge in [0.05, 0.1) is 11.3 Å². The highest BCUT2D eigenvalue weighted by Crippen LogP contribution is 2.60. The zero-order valence-corrected chi connectivity index (χ0v) is 19.8. The number of aliphatic hydroxyl groups is 1. The van der Waals surface area contributed by atoms with E-state index in [0.717, 1.165) is 5.57 Å². The molecule has 0 amide bonds. The lowest BCUT2D eigenvalue weighted by Crippen LogP contribution is -2.66. The quantitative estimate of drug-likeness (QED) is 0.280. The van der Waals surface area contributed by atoms with Crippen LogP contribution in [-0.2, 0) is 38.1 Å². The maximum atomic E-state index is 13.7. The van der Waals surface area contributed by atoms with E-state index in [0.29, 0.717) is 6.42 Å². The highest BCUT2D eigenvalue weighted by molar-refractivity contribution is 5.87. The molecule has 0 spiro atoms. The van der Waals surface area contributed by atoms with E-state index in [4.69, 9.17) is 18.9 Å². The zero-order chi connectivity index (χ0) is 24.5. The van der Waals surface area contributed by atoms with E-state index >= 15 is 0 Å². The third kappa shape index (κ3) is 3.51. The molecule has 0 radical (unpaired) electrons. The number of allylic oxidation sites excluding steroid dienone is 1. The molecule has 2 saturated heterocycles. The average molecular weight is 465 g/mol. The molecule has 2 aliphatic heterocycles. The van der Waals surface area contributed by atoms with Crippen molar-refractivity contribution in [2.75, 3.05) is 0 Å². The van der Waals surface area contributed by atoms with Crippen molar-refractivity contribution >= 4 is 23.7 Å². The molecule has 182 valence electrons. The van der Waals surface area contributed by atoms with Crippen LogP contribution in [-0.4, -0.2) is 64.9 Å². The van der Waals surface area contributed by atoms with Crippen molar-refractivity contribution in [1.29, 1.82) is 0 Å². The molecular weight excluding hydrogens is 432 g/mol. The molecular formula is C24H32O9. The predicted molar refractivity (Wildman–Crippen MR) is 113 cm³/mol. The summed E-state index contributed by atoms with van der Waals surface area (Å²) in [5.41, 5.74) is -2.28. The lowest BCUT2D eigenvalue weighted by atomic mass is 9.54. The van der Waals surface area contributed by atoms with Crippen LogP contribution in [0.2, 0.25) is 0 Å². The molecule has 0 aromatic rings. The number of ketones is 1. The van der Waals surface area contributed by atoms with Crippen molar-refractivity contribution in [3.63, 3.8) is 0 Å². The van der Waals surface area contributed by atoms with Crippen LogP contribution >= 0.6 is 0 Å². The van der Waals surface area contributed by atoms with Gasteiger partial charge in [0.1, 0.15) is 30.2 Å². The van der Waals surface area contributed by atoms with Gasteiger partial charge in [-0.15, -0.1) is 0 Å². The van der Waals surface area contributed by atoms with Crippen molar-refractivity contribution in [2.24, 2.45) is 23.2 Å². The van der Waals surface area contributed by atoms with Crippen LogP contribution in [0.3, 0.4) is 0 Å². The summed E-state index contributed by atoms with van der Waals surface area (Å²) in [6.07, 6.45) is -1.77. The van der Waals surface area contributed by atoms with Gasteiger partial charge in [-0.25, -0.2) is 0 Å². The molecule has 2 heterocycles. The van der Waals surface area contributed by atoms with Gasteiger partial charge in [0.2, 0.25) is 0 Å². The van der Waals surface area contributed by atoms with E-state index < -0.39 is 77.2 Å². The van der Waals surface area contributed by atoms with Crippen LogP contribution in [0.5, 0.6) is 0 Å². The van der Waals surface area contributed by atoms with Crippen LogP contribution in [0, 0.1) is 23.2 Å². The van der Waals surface area contributed by atoms with Gasteiger partial charge < -0.3 is 24.1 Å². The molecule has 1 saturated carbocycles. The van der Waals surface area contributed by atoms with Crippen molar-refractivity contribution in [3.05, 3.63) is 11.6 Å². The lowest BCUT2D eigenvalue weighted by Gasteiger charge is -2.51. The minimum absolute atomic E-state index is 0.0852. The van der Waals surface area contributed by atoms with Crippen LogP contribution in [0.25, 0.3) is 0 Å². The Hall–Kier alpha value is -2.26. The monoisotopic (exact) mass is 464 g/mol. The maximum Gasteiger partial charge on any atom is 0.312 e. The Bertz CT molecular complexity index is 925. The molecule has 0 aromatic heterocycles. The number of rotatable bonds is 2. The van der Waals surface area contributed by atoms with Crippen molar-refractivity contribution in [1.82, 2.24) is 0 Å². The van der Waals surface area contributed by atoms with E-state index in [9.17, 15) is 24.3 Å². The molecule has 1 N–H and O–H groups in total. The Balaban J connectivity index is 1.93. The number of esters is 3. The van der Waals surface area contributed by atoms with Gasteiger partial charge in [-0.2, -0.15) is 0 Å². The van der Waals surface area contributed by atoms with E-state index in [1.807, 2.05) is 6.92 Å². The average Bonchev–Trinajstić information content (AvgIpc) is 3.49. The van der Waals surface area contributed by atoms with E-state index in [1.54, 1.807) is 19.9 Å². The summed E-state index contributed by atoms with van der Waals surface area (Å²) in [6, 6.07) is 0. The fourth-order valence-electron chi connectivity index (χ4n) is 6.28. The largest absolute Gasteiger partial charge is 0.459 e. The normalized spacial score (nSPS) is 46.7. The lowest BCUT2D eigenvalue weighted by molar-refractivity contribution is -0.208. The fraction of sp³-hybridized carbons (Fsp3) is 0.750. The Morgan fingerprint density at radius 3 is 2.36 bits per heavy atom. The number of Topliss-reactive ketones (excluding diaryl/α,β-unsaturated/α-hetero) is 1. The molecule has 4 rings (SSSR count). The van der Waals surface area contributed by atoms with Crippen LogP contribution in [0.15, 0.2) is 11.6 Å². The van der Waals surface area contributed by atoms with Gasteiger partial charge in [0.15, 0.2) is 11.7 Å². The Morgan fingerprint density at radius 1 is 1.12 bits per heavy atom. The number of ether oxygens (including phenoxy) is 4. The van der Waals surface area contributed by atoms with Gasteiger partial charge in [-0.1, -0.05) is 12.5 Å². The van der Waals surface area contributed by atoms with Crippen LogP contribution in [0.1, 0.15) is 54.4 Å². The molecule has 3 fully saturated rings. The second-order valence-corrected chi connectivity index (χ2v) is 10.2. The minimum Gasteiger partial charge on any atom is -0.459 e. The van der Waals surface area contributed by atoms with Gasteiger partial charge in [-0.3, -0.25) is 19.2 Å². The molecule has 4 aliphatic rings. The smallest absolute Gasteiger partial charge is 0.312 e. The standard InChI is InChI=1S/C24H32O9/c1-10-7-8-15(27)23(6)17(11(2)18(30-13(4)25)19-21(23)33-19)20(31-14(5)26)24(29)12(3)22(28)32-16(24)9-10/h9,11-12,16-21,29H,7-8H2,1-6H3. The molecule has 33 heavy (non-hydrogen) atoms. The van der Waals surface area contributed by atoms with E-state index in [2.05, 4.69) is 0 Å². The first kappa shape index (κ1) is 23.9. The third-order valence-electron chi connectivity index (χ3n) is 8.12. The predicted octanol–water partition coefficient (Wildman–Crippen LogP) is 1.49. The summed E-state index contributed by atoms with van der Waals surface area (Å²) in [5, 5.41) is 12.1. The summed E-state index contributed by atoms with van der Waals surface area (Å²) >= 11 is 0. The Kier molecular flexibility index (Phi) is 5.72. The first-order valence-electron chi connectivity index (χ1n) is 11.5. The second kappa shape index (κ2) is 7.91. The Labute approximate surface area is 192 Å². The van der Waals surface area contributed by atoms with Crippen LogP contribution in [0.4, 0.5) is 0 Å². The molecule has 0 aromatic carbocycles. The number of carbonyl (C=O) groups excluding carboxylic acids is 4. The van der Waals surface area contributed by atoms with E-state index in [1.165, 1.54) is 20.8 Å². The molecule has 10 atom stereocenters. The number of carbonyl (C=O) groups is 4. The topological polar surface area (TPSA) is 129 Å². The summed E-state index contributed by atoms with van der Waals surface area (Å²) in [6.45, 7) is 9.41. The highest BCUT2D eigenvalue weighted by atomic mass is 16.6. The molecule has 9 heteroatoms. The summed E-state index contributed by atoms with van der Waals surface area (Å²) in [7, 11) is 0. The van der Waals surface area contributed by atoms with Crippen molar-refractivity contribution in [3.8, 4) is 0 Å². The van der Waals surface area contributed by atoms with Gasteiger partial charge >= 0.3 is 17.9 Å². The van der Waals surface area contributed by atoms with Gasteiger partial charge in [0, 0.05) is 32.1 Å². The SMILES string of the molecule is CC(=O)OC1C(C)C2C(OC(C)=O)C3(O)C(C=C(C)CCC(=O)C2(C)C2OC12)OC(=O)C3C. The fourth-order valence-corrected chi connectivity index (χ4v) is 6.28. The van der Waals surface area contributed by atoms with Crippen molar-refractivity contribution in [2.45, 2.75) is 90.5 Å². The first-order valence-corrected chi connectivity index (χ1v) is 11.5. The molecule has 2 aliphatic carbocycles. The highest BCUT2D eigenvalue weighted by Gasteiger charge is 2.74. The summed E-state index contributed by atoms with van der Waals surface area (Å²) < 4.78 is 22.8. The maximum absolute atomic E-state index is 13.7. The third-order valence-corrected chi connectivity index (χ3v) is 8.12. The number of fused-ring (bicyclic) bond motifs is 4. The number of hydrogen-bond acceptors (Lipinski definition) is 9. The van der Waals surface area contributed by atoms with Gasteiger partial charge in [0.25, 0.3) is 0 Å². The van der Waals surface area contributed by atoms with Crippen LogP contribution < -0.4 is 0 Å². The number of epoxide rings is 1. The molecule has 10 unspecified atom stereocenters. The summed E-state index contributed by atoms with van der Waals surface area (Å²) in [4.78, 5) is 50.4. The summed E-state index contributed by atoms with van der Waals surface area (Å²) in [5.74, 6) is -4.20. The van der Waals surface area contributed by atoms with Gasteiger partial charge in [-0.05, 0) is 33.3 Å². The zero-order valence-electron chi connectivity index (χ0n) is 19.8. The molecule has 9 nitrogen and oxygen atoms in total.